The number of para-hydroxylation sites is 2. The zero-order valence-electron chi connectivity index (χ0n) is 13.3. The van der Waals surface area contributed by atoms with Crippen molar-refractivity contribution in [1.29, 1.82) is 0 Å². The number of amides is 1. The van der Waals surface area contributed by atoms with Gasteiger partial charge in [-0.15, -0.1) is 0 Å². The van der Waals surface area contributed by atoms with Crippen molar-refractivity contribution >= 4 is 12.1 Å². The minimum Gasteiger partial charge on any atom is -0.496 e. The molecule has 1 amide bonds. The monoisotopic (exact) mass is 312 g/mol. The first-order chi connectivity index (χ1) is 11.3. The van der Waals surface area contributed by atoms with Crippen LogP contribution in [0.25, 0.3) is 0 Å². The van der Waals surface area contributed by atoms with Gasteiger partial charge in [0.15, 0.2) is 0 Å². The van der Waals surface area contributed by atoms with Crippen LogP contribution in [-0.4, -0.2) is 25.8 Å². The highest BCUT2D eigenvalue weighted by Crippen LogP contribution is 2.17. The van der Waals surface area contributed by atoms with Crippen molar-refractivity contribution in [3.63, 3.8) is 0 Å². The van der Waals surface area contributed by atoms with Gasteiger partial charge in [-0.05, 0) is 30.7 Å². The first-order valence-electron chi connectivity index (χ1n) is 7.44. The second kappa shape index (κ2) is 8.58. The number of methoxy groups -OCH3 is 1. The second-order valence-corrected chi connectivity index (χ2v) is 4.79. The Morgan fingerprint density at radius 1 is 1.13 bits per heavy atom. The van der Waals surface area contributed by atoms with Crippen LogP contribution in [0.15, 0.2) is 53.6 Å². The van der Waals surface area contributed by atoms with E-state index in [9.17, 15) is 4.79 Å². The van der Waals surface area contributed by atoms with Crippen LogP contribution in [0.5, 0.6) is 11.5 Å². The molecule has 0 radical (unpaired) electrons. The Balaban J connectivity index is 2.05. The van der Waals surface area contributed by atoms with Crippen LogP contribution in [0.3, 0.4) is 0 Å². The summed E-state index contributed by atoms with van der Waals surface area (Å²) in [6.45, 7) is 2.68. The molecule has 23 heavy (non-hydrogen) atoms. The fourth-order valence-electron chi connectivity index (χ4n) is 1.98. The number of hydrogen-bond donors (Lipinski definition) is 1. The quantitative estimate of drug-likeness (QED) is 0.630. The SMILES string of the molecule is CCCOc1ccccc1/C=N\NC(=O)c1ccccc1OC. The lowest BCUT2D eigenvalue weighted by atomic mass is 10.2. The van der Waals surface area contributed by atoms with E-state index in [0.717, 1.165) is 17.7 Å². The fraction of sp³-hybridized carbons (Fsp3) is 0.222. The molecule has 5 heteroatoms. The maximum Gasteiger partial charge on any atom is 0.275 e. The Bertz CT molecular complexity index is 683. The molecule has 2 aromatic rings. The van der Waals surface area contributed by atoms with Crippen molar-refractivity contribution in [2.24, 2.45) is 5.10 Å². The minimum atomic E-state index is -0.328. The number of hydrogen-bond acceptors (Lipinski definition) is 4. The van der Waals surface area contributed by atoms with Crippen molar-refractivity contribution in [2.75, 3.05) is 13.7 Å². The highest BCUT2D eigenvalue weighted by molar-refractivity contribution is 5.97. The molecule has 0 aliphatic heterocycles. The van der Waals surface area contributed by atoms with Gasteiger partial charge in [-0.3, -0.25) is 4.79 Å². The van der Waals surface area contributed by atoms with Gasteiger partial charge in [-0.25, -0.2) is 5.43 Å². The highest BCUT2D eigenvalue weighted by Gasteiger charge is 2.10. The lowest BCUT2D eigenvalue weighted by Gasteiger charge is -2.08. The van der Waals surface area contributed by atoms with E-state index in [1.165, 1.54) is 7.11 Å². The average molecular weight is 312 g/mol. The van der Waals surface area contributed by atoms with Gasteiger partial charge in [0, 0.05) is 5.56 Å². The Hall–Kier alpha value is -2.82. The molecule has 0 aliphatic carbocycles. The van der Waals surface area contributed by atoms with Gasteiger partial charge in [0.2, 0.25) is 0 Å². The summed E-state index contributed by atoms with van der Waals surface area (Å²) in [6.07, 6.45) is 2.49. The van der Waals surface area contributed by atoms with Gasteiger partial charge >= 0.3 is 0 Å². The summed E-state index contributed by atoms with van der Waals surface area (Å²) in [5.41, 5.74) is 3.74. The first-order valence-corrected chi connectivity index (χ1v) is 7.44. The Kier molecular flexibility index (Phi) is 6.17. The van der Waals surface area contributed by atoms with Crippen LogP contribution in [0.4, 0.5) is 0 Å². The number of carbonyl (C=O) groups is 1. The molecule has 2 aromatic carbocycles. The molecular weight excluding hydrogens is 292 g/mol. The molecule has 120 valence electrons. The predicted molar refractivity (Wildman–Crippen MR) is 90.3 cm³/mol. The van der Waals surface area contributed by atoms with Gasteiger partial charge in [0.05, 0.1) is 25.5 Å². The van der Waals surface area contributed by atoms with E-state index in [2.05, 4.69) is 10.5 Å². The molecule has 0 saturated carbocycles. The van der Waals surface area contributed by atoms with Crippen LogP contribution in [0, 0.1) is 0 Å². The van der Waals surface area contributed by atoms with Crippen molar-refractivity contribution in [3.8, 4) is 11.5 Å². The van der Waals surface area contributed by atoms with Gasteiger partial charge in [0.1, 0.15) is 11.5 Å². The van der Waals surface area contributed by atoms with E-state index in [-0.39, 0.29) is 5.91 Å². The number of benzene rings is 2. The normalized spacial score (nSPS) is 10.5. The van der Waals surface area contributed by atoms with E-state index in [1.54, 1.807) is 30.5 Å². The summed E-state index contributed by atoms with van der Waals surface area (Å²) in [4.78, 5) is 12.1. The average Bonchev–Trinajstić information content (AvgIpc) is 2.60. The lowest BCUT2D eigenvalue weighted by Crippen LogP contribution is -2.18. The van der Waals surface area contributed by atoms with E-state index in [0.29, 0.717) is 17.9 Å². The summed E-state index contributed by atoms with van der Waals surface area (Å²) in [5, 5.41) is 4.00. The molecule has 2 rings (SSSR count). The number of carbonyl (C=O) groups excluding carboxylic acids is 1. The van der Waals surface area contributed by atoms with Crippen LogP contribution >= 0.6 is 0 Å². The standard InChI is InChI=1S/C18H20N2O3/c1-3-12-23-16-10-6-4-8-14(16)13-19-20-18(21)15-9-5-7-11-17(15)22-2/h4-11,13H,3,12H2,1-2H3,(H,20,21)/b19-13-. The molecular formula is C18H20N2O3. The highest BCUT2D eigenvalue weighted by atomic mass is 16.5. The summed E-state index contributed by atoms with van der Waals surface area (Å²) in [7, 11) is 1.52. The molecule has 0 saturated heterocycles. The lowest BCUT2D eigenvalue weighted by molar-refractivity contribution is 0.0952. The molecule has 0 unspecified atom stereocenters. The number of nitrogens with one attached hydrogen (secondary N) is 1. The van der Waals surface area contributed by atoms with Gasteiger partial charge < -0.3 is 9.47 Å². The Morgan fingerprint density at radius 3 is 2.57 bits per heavy atom. The maximum atomic E-state index is 12.1. The Morgan fingerprint density at radius 2 is 1.83 bits per heavy atom. The van der Waals surface area contributed by atoms with E-state index in [1.807, 2.05) is 31.2 Å². The van der Waals surface area contributed by atoms with Crippen LogP contribution < -0.4 is 14.9 Å². The largest absolute Gasteiger partial charge is 0.496 e. The zero-order chi connectivity index (χ0) is 16.5. The first kappa shape index (κ1) is 16.5. The van der Waals surface area contributed by atoms with E-state index < -0.39 is 0 Å². The number of nitrogens with zero attached hydrogens (tertiary/aromatic N) is 1. The van der Waals surface area contributed by atoms with Gasteiger partial charge in [0.25, 0.3) is 5.91 Å². The van der Waals surface area contributed by atoms with Crippen LogP contribution in [-0.2, 0) is 0 Å². The predicted octanol–water partition coefficient (Wildman–Crippen LogP) is 3.25. The smallest absolute Gasteiger partial charge is 0.275 e. The van der Waals surface area contributed by atoms with Crippen LogP contribution in [0.2, 0.25) is 0 Å². The maximum absolute atomic E-state index is 12.1. The van der Waals surface area contributed by atoms with Crippen molar-refractivity contribution in [3.05, 3.63) is 59.7 Å². The number of ether oxygens (including phenoxy) is 2. The van der Waals surface area contributed by atoms with E-state index >= 15 is 0 Å². The summed E-state index contributed by atoms with van der Waals surface area (Å²) < 4.78 is 10.8. The molecule has 0 fully saturated rings. The third-order valence-corrected chi connectivity index (χ3v) is 3.10. The summed E-state index contributed by atoms with van der Waals surface area (Å²) >= 11 is 0. The molecule has 0 spiro atoms. The molecule has 5 nitrogen and oxygen atoms in total. The molecule has 0 bridgehead atoms. The van der Waals surface area contributed by atoms with E-state index in [4.69, 9.17) is 9.47 Å². The molecule has 0 atom stereocenters. The van der Waals surface area contributed by atoms with Gasteiger partial charge in [-0.2, -0.15) is 5.10 Å². The van der Waals surface area contributed by atoms with Crippen molar-refractivity contribution < 1.29 is 14.3 Å². The second-order valence-electron chi connectivity index (χ2n) is 4.79. The fourth-order valence-corrected chi connectivity index (χ4v) is 1.98. The van der Waals surface area contributed by atoms with Crippen molar-refractivity contribution in [1.82, 2.24) is 5.43 Å². The number of hydrazone groups is 1. The topological polar surface area (TPSA) is 59.9 Å². The minimum absolute atomic E-state index is 0.328. The van der Waals surface area contributed by atoms with Crippen LogP contribution in [0.1, 0.15) is 29.3 Å². The third-order valence-electron chi connectivity index (χ3n) is 3.10. The van der Waals surface area contributed by atoms with Gasteiger partial charge in [-0.1, -0.05) is 31.2 Å². The third kappa shape index (κ3) is 4.57. The molecule has 1 N–H and O–H groups in total. The Labute approximate surface area is 135 Å². The molecule has 0 aromatic heterocycles. The zero-order valence-corrected chi connectivity index (χ0v) is 13.3. The molecule has 0 heterocycles. The molecule has 0 aliphatic rings. The summed E-state index contributed by atoms with van der Waals surface area (Å²) in [6, 6.07) is 14.5. The number of rotatable bonds is 7. The van der Waals surface area contributed by atoms with Crippen molar-refractivity contribution in [2.45, 2.75) is 13.3 Å². The summed E-state index contributed by atoms with van der Waals surface area (Å²) in [5.74, 6) is 0.919.